The van der Waals surface area contributed by atoms with Crippen molar-refractivity contribution >= 4 is 40.0 Å². The number of H-pyrrole nitrogens is 1. The molecule has 0 aromatic carbocycles. The number of nitrogens with one attached hydrogen (secondary N) is 1. The fourth-order valence-electron chi connectivity index (χ4n) is 1.28. The number of aromatic nitrogens is 2. The summed E-state index contributed by atoms with van der Waals surface area (Å²) in [6.07, 6.45) is 3.21. The summed E-state index contributed by atoms with van der Waals surface area (Å²) in [7, 11) is 0. The predicted molar refractivity (Wildman–Crippen MR) is 55.9 cm³/mol. The van der Waals surface area contributed by atoms with Crippen LogP contribution in [-0.4, -0.2) is 20.6 Å². The Bertz CT molecular complexity index is 478. The molecule has 0 aliphatic carbocycles. The van der Waals surface area contributed by atoms with Gasteiger partial charge in [0.1, 0.15) is 5.65 Å². The maximum atomic E-state index is 11.5. The molecule has 2 rings (SSSR count). The van der Waals surface area contributed by atoms with E-state index in [1.807, 2.05) is 0 Å². The Balaban J connectivity index is 2.58. The Morgan fingerprint density at radius 2 is 2.29 bits per heavy atom. The molecule has 3 nitrogen and oxygen atoms in total. The van der Waals surface area contributed by atoms with Crippen LogP contribution in [0.2, 0.25) is 0 Å². The van der Waals surface area contributed by atoms with E-state index in [-0.39, 0.29) is 5.78 Å². The number of carbonyl (C=O) groups is 1. The van der Waals surface area contributed by atoms with Gasteiger partial charge in [-0.2, -0.15) is 0 Å². The van der Waals surface area contributed by atoms with Gasteiger partial charge in [0.15, 0.2) is 10.6 Å². The molecule has 14 heavy (non-hydrogen) atoms. The smallest absolute Gasteiger partial charge is 0.197 e. The highest BCUT2D eigenvalue weighted by Gasteiger charge is 2.18. The number of rotatable bonds is 2. The topological polar surface area (TPSA) is 45.8 Å². The molecule has 0 aliphatic heterocycles. The minimum Gasteiger partial charge on any atom is -0.345 e. The van der Waals surface area contributed by atoms with E-state index in [9.17, 15) is 4.79 Å². The number of carbonyl (C=O) groups excluding carboxylic acids is 1. The minimum absolute atomic E-state index is 0.312. The summed E-state index contributed by atoms with van der Waals surface area (Å²) < 4.78 is 0. The van der Waals surface area contributed by atoms with Crippen LogP contribution in [0.15, 0.2) is 24.5 Å². The van der Waals surface area contributed by atoms with Crippen molar-refractivity contribution in [3.8, 4) is 0 Å². The van der Waals surface area contributed by atoms with Crippen LogP contribution in [0.5, 0.6) is 0 Å². The molecule has 0 unspecified atom stereocenters. The zero-order chi connectivity index (χ0) is 10.1. The Labute approximate surface area is 90.0 Å². The largest absolute Gasteiger partial charge is 0.345 e. The average Bonchev–Trinajstić information content (AvgIpc) is 2.60. The average molecular weight is 229 g/mol. The molecular weight excluding hydrogens is 223 g/mol. The predicted octanol–water partition coefficient (Wildman–Crippen LogP) is 2.55. The standard InChI is InChI=1S/C9H6Cl2N2O/c10-8(11)7(14)6-4-13-9-5(6)2-1-3-12-9/h1-4,8H,(H,12,13). The number of ketones is 1. The second-order valence-corrected chi connectivity index (χ2v) is 3.86. The lowest BCUT2D eigenvalue weighted by Crippen LogP contribution is -2.06. The van der Waals surface area contributed by atoms with E-state index >= 15 is 0 Å². The van der Waals surface area contributed by atoms with Crippen molar-refractivity contribution in [2.24, 2.45) is 0 Å². The lowest BCUT2D eigenvalue weighted by Gasteiger charge is -1.97. The van der Waals surface area contributed by atoms with Gasteiger partial charge in [-0.1, -0.05) is 23.2 Å². The van der Waals surface area contributed by atoms with Crippen molar-refractivity contribution in [3.05, 3.63) is 30.1 Å². The third kappa shape index (κ3) is 1.49. The number of hydrogen-bond acceptors (Lipinski definition) is 2. The molecule has 0 radical (unpaired) electrons. The van der Waals surface area contributed by atoms with Crippen molar-refractivity contribution in [2.45, 2.75) is 4.84 Å². The summed E-state index contributed by atoms with van der Waals surface area (Å²) in [6.45, 7) is 0. The van der Waals surface area contributed by atoms with Crippen molar-refractivity contribution < 1.29 is 4.79 Å². The van der Waals surface area contributed by atoms with Crippen LogP contribution < -0.4 is 0 Å². The molecule has 0 atom stereocenters. The third-order valence-corrected chi connectivity index (χ3v) is 2.31. The molecule has 5 heteroatoms. The molecular formula is C9H6Cl2N2O. The van der Waals surface area contributed by atoms with E-state index in [2.05, 4.69) is 9.97 Å². The van der Waals surface area contributed by atoms with Crippen LogP contribution in [0, 0.1) is 0 Å². The van der Waals surface area contributed by atoms with Gasteiger partial charge in [-0.15, -0.1) is 0 Å². The number of halogens is 2. The van der Waals surface area contributed by atoms with Gasteiger partial charge >= 0.3 is 0 Å². The molecule has 0 saturated carbocycles. The normalized spacial score (nSPS) is 11.1. The van der Waals surface area contributed by atoms with Gasteiger partial charge in [0.25, 0.3) is 0 Å². The van der Waals surface area contributed by atoms with Crippen molar-refractivity contribution in [1.82, 2.24) is 9.97 Å². The molecule has 2 heterocycles. The van der Waals surface area contributed by atoms with Gasteiger partial charge in [0.2, 0.25) is 0 Å². The first-order chi connectivity index (χ1) is 6.70. The summed E-state index contributed by atoms with van der Waals surface area (Å²) in [5.41, 5.74) is 1.13. The highest BCUT2D eigenvalue weighted by molar-refractivity contribution is 6.55. The molecule has 0 aliphatic rings. The quantitative estimate of drug-likeness (QED) is 0.635. The van der Waals surface area contributed by atoms with Crippen molar-refractivity contribution in [1.29, 1.82) is 0 Å². The summed E-state index contributed by atoms with van der Waals surface area (Å²) >= 11 is 11.0. The number of Topliss-reactive ketones (excluding diaryl/α,β-unsaturated/α-hetero) is 1. The van der Waals surface area contributed by atoms with Gasteiger partial charge in [-0.25, -0.2) is 4.98 Å². The molecule has 72 valence electrons. The Morgan fingerprint density at radius 3 is 3.00 bits per heavy atom. The lowest BCUT2D eigenvalue weighted by atomic mass is 10.1. The van der Waals surface area contributed by atoms with Gasteiger partial charge in [-0.3, -0.25) is 4.79 Å². The lowest BCUT2D eigenvalue weighted by molar-refractivity contribution is 0.101. The van der Waals surface area contributed by atoms with Gasteiger partial charge < -0.3 is 4.98 Å². The van der Waals surface area contributed by atoms with Crippen LogP contribution in [-0.2, 0) is 0 Å². The van der Waals surface area contributed by atoms with E-state index in [0.717, 1.165) is 5.39 Å². The molecule has 0 saturated heterocycles. The molecule has 0 amide bonds. The summed E-state index contributed by atoms with van der Waals surface area (Å²) in [5, 5.41) is 0.740. The highest BCUT2D eigenvalue weighted by atomic mass is 35.5. The van der Waals surface area contributed by atoms with Crippen molar-refractivity contribution in [3.63, 3.8) is 0 Å². The zero-order valence-electron chi connectivity index (χ0n) is 7.00. The third-order valence-electron chi connectivity index (χ3n) is 1.91. The van der Waals surface area contributed by atoms with Gasteiger partial charge in [-0.05, 0) is 12.1 Å². The first kappa shape index (κ1) is 9.49. The van der Waals surface area contributed by atoms with Crippen LogP contribution in [0.4, 0.5) is 0 Å². The number of aromatic amines is 1. The van der Waals surface area contributed by atoms with Crippen LogP contribution in [0.1, 0.15) is 10.4 Å². The first-order valence-electron chi connectivity index (χ1n) is 3.94. The molecule has 2 aromatic rings. The summed E-state index contributed by atoms with van der Waals surface area (Å²) in [4.78, 5) is 17.4. The SMILES string of the molecule is O=C(c1c[nH]c2ncccc12)C(Cl)Cl. The molecule has 2 aromatic heterocycles. The number of alkyl halides is 2. The highest BCUT2D eigenvalue weighted by Crippen LogP contribution is 2.20. The Morgan fingerprint density at radius 1 is 1.50 bits per heavy atom. The van der Waals surface area contributed by atoms with Crippen LogP contribution in [0.25, 0.3) is 11.0 Å². The molecule has 0 spiro atoms. The molecule has 0 bridgehead atoms. The van der Waals surface area contributed by atoms with Crippen LogP contribution in [0.3, 0.4) is 0 Å². The van der Waals surface area contributed by atoms with E-state index in [1.54, 1.807) is 24.5 Å². The fraction of sp³-hybridized carbons (Fsp3) is 0.111. The number of hydrogen-bond donors (Lipinski definition) is 1. The number of pyridine rings is 1. The van der Waals surface area contributed by atoms with Crippen LogP contribution >= 0.6 is 23.2 Å². The van der Waals surface area contributed by atoms with Gasteiger partial charge in [0, 0.05) is 23.3 Å². The zero-order valence-corrected chi connectivity index (χ0v) is 8.51. The Kier molecular flexibility index (Phi) is 2.44. The summed E-state index contributed by atoms with van der Waals surface area (Å²) in [6, 6.07) is 3.55. The maximum Gasteiger partial charge on any atom is 0.197 e. The first-order valence-corrected chi connectivity index (χ1v) is 4.82. The number of nitrogens with zero attached hydrogens (tertiary/aromatic N) is 1. The van der Waals surface area contributed by atoms with Gasteiger partial charge in [0.05, 0.1) is 0 Å². The van der Waals surface area contributed by atoms with Crippen molar-refractivity contribution in [2.75, 3.05) is 0 Å². The molecule has 1 N–H and O–H groups in total. The maximum absolute atomic E-state index is 11.5. The van der Waals surface area contributed by atoms with E-state index in [0.29, 0.717) is 11.2 Å². The second-order valence-electron chi connectivity index (χ2n) is 2.77. The van der Waals surface area contributed by atoms with E-state index in [1.165, 1.54) is 0 Å². The second kappa shape index (κ2) is 3.59. The number of fused-ring (bicyclic) bond motifs is 1. The Hall–Kier alpha value is -1.06. The minimum atomic E-state index is -1.03. The van der Waals surface area contributed by atoms with E-state index in [4.69, 9.17) is 23.2 Å². The van der Waals surface area contributed by atoms with E-state index < -0.39 is 4.84 Å². The molecule has 0 fully saturated rings. The fourth-order valence-corrected chi connectivity index (χ4v) is 1.51. The summed E-state index contributed by atoms with van der Waals surface area (Å²) in [5.74, 6) is -0.312. The monoisotopic (exact) mass is 228 g/mol.